The van der Waals surface area contributed by atoms with Crippen LogP contribution in [0.25, 0.3) is 17.3 Å². The highest BCUT2D eigenvalue weighted by atomic mass is 32.1. The monoisotopic (exact) mass is 402 g/mol. The van der Waals surface area contributed by atoms with Crippen LogP contribution in [0.3, 0.4) is 0 Å². The van der Waals surface area contributed by atoms with Crippen LogP contribution in [0, 0.1) is 11.3 Å². The van der Waals surface area contributed by atoms with Crippen molar-refractivity contribution in [2.75, 3.05) is 5.32 Å². The standard InChI is InChI=1S/C22H18N4O2S/c1-15(27)24-13-17-7-9-18(10-8-17)20-14-29-22(25-20)26-21(28)19(12-23)11-16-5-3-2-4-6-16/h2-11,14H,13H2,1H3,(H,24,27)(H,25,26,28)/b19-11+. The molecule has 0 bridgehead atoms. The number of nitriles is 1. The zero-order valence-electron chi connectivity index (χ0n) is 15.7. The molecule has 0 fully saturated rings. The summed E-state index contributed by atoms with van der Waals surface area (Å²) in [7, 11) is 0. The van der Waals surface area contributed by atoms with Crippen LogP contribution in [0.4, 0.5) is 5.13 Å². The lowest BCUT2D eigenvalue weighted by molar-refractivity contribution is -0.119. The molecule has 0 radical (unpaired) electrons. The minimum absolute atomic E-state index is 0.00951. The summed E-state index contributed by atoms with van der Waals surface area (Å²) in [6, 6.07) is 18.8. The fourth-order valence-electron chi connectivity index (χ4n) is 2.51. The van der Waals surface area contributed by atoms with Gasteiger partial charge in [0.1, 0.15) is 11.6 Å². The van der Waals surface area contributed by atoms with E-state index in [4.69, 9.17) is 0 Å². The van der Waals surface area contributed by atoms with E-state index in [9.17, 15) is 14.9 Å². The highest BCUT2D eigenvalue weighted by Crippen LogP contribution is 2.25. The molecule has 0 saturated heterocycles. The molecule has 29 heavy (non-hydrogen) atoms. The number of hydrogen-bond donors (Lipinski definition) is 2. The van der Waals surface area contributed by atoms with Gasteiger partial charge in [-0.05, 0) is 17.2 Å². The van der Waals surface area contributed by atoms with Crippen molar-refractivity contribution in [2.24, 2.45) is 0 Å². The van der Waals surface area contributed by atoms with E-state index in [1.54, 1.807) is 0 Å². The van der Waals surface area contributed by atoms with E-state index < -0.39 is 5.91 Å². The van der Waals surface area contributed by atoms with Crippen molar-refractivity contribution >= 4 is 34.4 Å². The van der Waals surface area contributed by atoms with E-state index in [2.05, 4.69) is 15.6 Å². The molecule has 2 N–H and O–H groups in total. The quantitative estimate of drug-likeness (QED) is 0.481. The Balaban J connectivity index is 1.68. The number of hydrogen-bond acceptors (Lipinski definition) is 5. The number of carbonyl (C=O) groups excluding carboxylic acids is 2. The maximum absolute atomic E-state index is 12.4. The second kappa shape index (κ2) is 9.44. The molecular weight excluding hydrogens is 384 g/mol. The molecule has 1 aromatic heterocycles. The Labute approximate surface area is 172 Å². The predicted octanol–water partition coefficient (Wildman–Crippen LogP) is 3.99. The van der Waals surface area contributed by atoms with Gasteiger partial charge < -0.3 is 5.32 Å². The summed E-state index contributed by atoms with van der Waals surface area (Å²) in [5, 5.41) is 17.0. The van der Waals surface area contributed by atoms with Crippen molar-refractivity contribution in [1.82, 2.24) is 10.3 Å². The zero-order valence-corrected chi connectivity index (χ0v) is 16.5. The molecular formula is C22H18N4O2S. The van der Waals surface area contributed by atoms with Gasteiger partial charge in [-0.3, -0.25) is 14.9 Å². The van der Waals surface area contributed by atoms with Gasteiger partial charge in [0.25, 0.3) is 5.91 Å². The van der Waals surface area contributed by atoms with Crippen molar-refractivity contribution in [3.05, 3.63) is 76.7 Å². The first-order valence-electron chi connectivity index (χ1n) is 8.82. The number of carbonyl (C=O) groups is 2. The topological polar surface area (TPSA) is 94.9 Å². The molecule has 6 nitrogen and oxygen atoms in total. The fourth-order valence-corrected chi connectivity index (χ4v) is 3.23. The Hall–Kier alpha value is -3.76. The van der Waals surface area contributed by atoms with Gasteiger partial charge in [0.2, 0.25) is 5.91 Å². The Morgan fingerprint density at radius 2 is 1.86 bits per heavy atom. The van der Waals surface area contributed by atoms with Crippen molar-refractivity contribution in [3.63, 3.8) is 0 Å². The molecule has 0 saturated carbocycles. The minimum atomic E-state index is -0.497. The molecule has 2 aromatic carbocycles. The summed E-state index contributed by atoms with van der Waals surface area (Å²) in [6.45, 7) is 1.95. The molecule has 0 aliphatic carbocycles. The lowest BCUT2D eigenvalue weighted by atomic mass is 10.1. The third kappa shape index (κ3) is 5.61. The Bertz CT molecular complexity index is 1080. The van der Waals surface area contributed by atoms with Gasteiger partial charge in [-0.1, -0.05) is 54.6 Å². The normalized spacial score (nSPS) is 10.8. The number of aromatic nitrogens is 1. The van der Waals surface area contributed by atoms with E-state index in [1.165, 1.54) is 24.3 Å². The molecule has 3 rings (SSSR count). The van der Waals surface area contributed by atoms with Crippen LogP contribution in [0.2, 0.25) is 0 Å². The Morgan fingerprint density at radius 1 is 1.14 bits per heavy atom. The van der Waals surface area contributed by atoms with Crippen molar-refractivity contribution in [3.8, 4) is 17.3 Å². The zero-order chi connectivity index (χ0) is 20.6. The molecule has 0 spiro atoms. The van der Waals surface area contributed by atoms with E-state index in [0.29, 0.717) is 11.7 Å². The Kier molecular flexibility index (Phi) is 6.51. The maximum Gasteiger partial charge on any atom is 0.268 e. The van der Waals surface area contributed by atoms with E-state index in [1.807, 2.05) is 66.0 Å². The number of nitrogens with one attached hydrogen (secondary N) is 2. The van der Waals surface area contributed by atoms with Gasteiger partial charge >= 0.3 is 0 Å². The van der Waals surface area contributed by atoms with Crippen LogP contribution in [0.15, 0.2) is 65.6 Å². The highest BCUT2D eigenvalue weighted by Gasteiger charge is 2.12. The van der Waals surface area contributed by atoms with Gasteiger partial charge in [0.15, 0.2) is 5.13 Å². The van der Waals surface area contributed by atoms with Crippen LogP contribution in [-0.4, -0.2) is 16.8 Å². The first kappa shape index (κ1) is 20.0. The van der Waals surface area contributed by atoms with Crippen LogP contribution >= 0.6 is 11.3 Å². The van der Waals surface area contributed by atoms with E-state index in [0.717, 1.165) is 22.4 Å². The number of anilines is 1. The van der Waals surface area contributed by atoms with Crippen LogP contribution < -0.4 is 10.6 Å². The fraction of sp³-hybridized carbons (Fsp3) is 0.0909. The van der Waals surface area contributed by atoms with Crippen LogP contribution in [-0.2, 0) is 16.1 Å². The Morgan fingerprint density at radius 3 is 2.52 bits per heavy atom. The summed E-state index contributed by atoms with van der Waals surface area (Å²) >= 11 is 1.29. The summed E-state index contributed by atoms with van der Waals surface area (Å²) in [5.74, 6) is -0.574. The summed E-state index contributed by atoms with van der Waals surface area (Å²) in [6.07, 6.45) is 1.54. The first-order valence-corrected chi connectivity index (χ1v) is 9.70. The van der Waals surface area contributed by atoms with E-state index >= 15 is 0 Å². The number of thiazole rings is 1. The van der Waals surface area contributed by atoms with Gasteiger partial charge in [-0.25, -0.2) is 4.98 Å². The SMILES string of the molecule is CC(=O)NCc1ccc(-c2csc(NC(=O)/C(C#N)=C/c3ccccc3)n2)cc1. The second-order valence-electron chi connectivity index (χ2n) is 6.18. The van der Waals surface area contributed by atoms with Crippen molar-refractivity contribution in [1.29, 1.82) is 5.26 Å². The van der Waals surface area contributed by atoms with Crippen molar-refractivity contribution < 1.29 is 9.59 Å². The lowest BCUT2D eigenvalue weighted by Gasteiger charge is -2.03. The average molecular weight is 402 g/mol. The van der Waals surface area contributed by atoms with E-state index in [-0.39, 0.29) is 11.5 Å². The number of nitrogens with zero attached hydrogens (tertiary/aromatic N) is 2. The van der Waals surface area contributed by atoms with Gasteiger partial charge in [-0.2, -0.15) is 5.26 Å². The van der Waals surface area contributed by atoms with Gasteiger partial charge in [0.05, 0.1) is 5.69 Å². The molecule has 0 aliphatic heterocycles. The molecule has 1 heterocycles. The smallest absolute Gasteiger partial charge is 0.268 e. The molecule has 0 unspecified atom stereocenters. The lowest BCUT2D eigenvalue weighted by Crippen LogP contribution is -2.18. The summed E-state index contributed by atoms with van der Waals surface area (Å²) in [5.41, 5.74) is 3.39. The summed E-state index contributed by atoms with van der Waals surface area (Å²) in [4.78, 5) is 27.8. The first-order chi connectivity index (χ1) is 14.0. The molecule has 7 heteroatoms. The third-order valence-electron chi connectivity index (χ3n) is 3.99. The average Bonchev–Trinajstić information content (AvgIpc) is 3.20. The maximum atomic E-state index is 12.4. The summed E-state index contributed by atoms with van der Waals surface area (Å²) < 4.78 is 0. The predicted molar refractivity (Wildman–Crippen MR) is 114 cm³/mol. The molecule has 0 aliphatic rings. The second-order valence-corrected chi connectivity index (χ2v) is 7.04. The van der Waals surface area contributed by atoms with Crippen LogP contribution in [0.1, 0.15) is 18.1 Å². The highest BCUT2D eigenvalue weighted by molar-refractivity contribution is 7.14. The largest absolute Gasteiger partial charge is 0.352 e. The van der Waals surface area contributed by atoms with Crippen LogP contribution in [0.5, 0.6) is 0 Å². The molecule has 0 atom stereocenters. The third-order valence-corrected chi connectivity index (χ3v) is 4.75. The molecule has 3 aromatic rings. The molecule has 144 valence electrons. The van der Waals surface area contributed by atoms with Gasteiger partial charge in [-0.15, -0.1) is 11.3 Å². The minimum Gasteiger partial charge on any atom is -0.352 e. The molecule has 2 amide bonds. The number of benzene rings is 2. The van der Waals surface area contributed by atoms with Gasteiger partial charge in [0, 0.05) is 24.4 Å². The number of amides is 2. The van der Waals surface area contributed by atoms with Crippen molar-refractivity contribution in [2.45, 2.75) is 13.5 Å². The number of rotatable bonds is 6.